The molecule has 0 aliphatic carbocycles. The molecule has 14 heteroatoms. The quantitative estimate of drug-likeness (QED) is 0.0638. The number of hydrogen-bond donors (Lipinski definition) is 4. The van der Waals surface area contributed by atoms with Crippen molar-refractivity contribution in [3.63, 3.8) is 0 Å². The molecule has 2 aliphatic rings. The summed E-state index contributed by atoms with van der Waals surface area (Å²) in [5, 5.41) is 25.8. The lowest BCUT2D eigenvalue weighted by atomic mass is 9.82. The Kier molecular flexibility index (Phi) is 10.7. The fraction of sp³-hybridized carbons (Fsp3) is 0.310. The lowest BCUT2D eigenvalue weighted by Crippen LogP contribution is -2.46. The lowest BCUT2D eigenvalue weighted by Gasteiger charge is -2.32. The molecule has 1 spiro atoms. The van der Waals surface area contributed by atoms with E-state index in [9.17, 15) is 34.4 Å². The highest BCUT2D eigenvalue weighted by Crippen LogP contribution is 2.60. The number of para-hydroxylation sites is 1. The van der Waals surface area contributed by atoms with Gasteiger partial charge in [-0.25, -0.2) is 0 Å². The highest BCUT2D eigenvalue weighted by atomic mass is 28.4. The minimum absolute atomic E-state index is 0.0834. The van der Waals surface area contributed by atoms with E-state index in [2.05, 4.69) is 10.3 Å². The topological polar surface area (TPSA) is 178 Å². The Morgan fingerprint density at radius 1 is 1.02 bits per heavy atom. The highest BCUT2D eigenvalue weighted by Gasteiger charge is 2.66. The van der Waals surface area contributed by atoms with Crippen LogP contribution in [-0.4, -0.2) is 70.0 Å². The number of benzene rings is 4. The van der Waals surface area contributed by atoms with Gasteiger partial charge in [0.15, 0.2) is 13.9 Å². The van der Waals surface area contributed by atoms with Gasteiger partial charge in [-0.1, -0.05) is 67.6 Å². The van der Waals surface area contributed by atoms with E-state index in [0.717, 1.165) is 27.6 Å². The Morgan fingerprint density at radius 2 is 1.73 bits per heavy atom. The van der Waals surface area contributed by atoms with Crippen LogP contribution in [0, 0.1) is 16.0 Å². The van der Waals surface area contributed by atoms with E-state index in [4.69, 9.17) is 4.74 Å². The molecule has 0 bridgehead atoms. The van der Waals surface area contributed by atoms with E-state index in [1.54, 1.807) is 48.3 Å². The second-order valence-corrected chi connectivity index (χ2v) is 19.2. The molecule has 2 aliphatic heterocycles. The first kappa shape index (κ1) is 38.6. The summed E-state index contributed by atoms with van der Waals surface area (Å²) in [5.74, 6) is -1.58. The smallest absolute Gasteiger partial charge is 0.269 e. The number of carbonyl (C=O) groups excluding carboxylic acids is 3. The van der Waals surface area contributed by atoms with Gasteiger partial charge in [-0.15, -0.1) is 0 Å². The fourth-order valence-electron chi connectivity index (χ4n) is 8.59. The number of nitro benzene ring substituents is 1. The van der Waals surface area contributed by atoms with Crippen LogP contribution in [0.2, 0.25) is 18.6 Å². The van der Waals surface area contributed by atoms with E-state index < -0.39 is 42.3 Å². The summed E-state index contributed by atoms with van der Waals surface area (Å²) in [6, 6.07) is 28.6. The van der Waals surface area contributed by atoms with Crippen molar-refractivity contribution in [2.75, 3.05) is 23.4 Å². The van der Waals surface area contributed by atoms with Gasteiger partial charge in [-0.2, -0.15) is 0 Å². The van der Waals surface area contributed by atoms with Crippen LogP contribution in [0.15, 0.2) is 103 Å². The second-order valence-electron chi connectivity index (χ2n) is 15.2. The van der Waals surface area contributed by atoms with Crippen molar-refractivity contribution in [1.82, 2.24) is 9.88 Å². The number of amides is 3. The van der Waals surface area contributed by atoms with Gasteiger partial charge < -0.3 is 34.7 Å². The molecule has 1 saturated heterocycles. The molecular formula is C42H45N5O8Si. The zero-order valence-corrected chi connectivity index (χ0v) is 32.5. The first-order chi connectivity index (χ1) is 26.8. The average molecular weight is 776 g/mol. The normalized spacial score (nSPS) is 20.4. The minimum Gasteiger partial charge on any atom is -0.432 e. The summed E-state index contributed by atoms with van der Waals surface area (Å²) in [4.78, 5) is 71.3. The van der Waals surface area contributed by atoms with Crippen LogP contribution >= 0.6 is 0 Å². The van der Waals surface area contributed by atoms with E-state index in [-0.39, 0.29) is 56.6 Å². The van der Waals surface area contributed by atoms with Gasteiger partial charge in [0.25, 0.3) is 11.6 Å². The number of anilines is 2. The molecule has 1 fully saturated rings. The van der Waals surface area contributed by atoms with Gasteiger partial charge in [-0.3, -0.25) is 24.5 Å². The Labute approximate surface area is 325 Å². The lowest BCUT2D eigenvalue weighted by molar-refractivity contribution is -0.385. The second kappa shape index (κ2) is 15.5. The number of non-ortho nitro benzene ring substituents is 1. The van der Waals surface area contributed by atoms with Crippen LogP contribution in [0.25, 0.3) is 10.9 Å². The highest BCUT2D eigenvalue weighted by molar-refractivity contribution is 6.71. The largest absolute Gasteiger partial charge is 0.432 e. The Morgan fingerprint density at radius 3 is 2.43 bits per heavy atom. The summed E-state index contributed by atoms with van der Waals surface area (Å²) < 4.78 is 6.79. The molecule has 0 saturated carbocycles. The van der Waals surface area contributed by atoms with Crippen molar-refractivity contribution in [3.8, 4) is 0 Å². The van der Waals surface area contributed by atoms with E-state index in [1.807, 2.05) is 67.7 Å². The van der Waals surface area contributed by atoms with Crippen molar-refractivity contribution in [2.24, 2.45) is 5.92 Å². The van der Waals surface area contributed by atoms with E-state index >= 15 is 0 Å². The van der Waals surface area contributed by atoms with Crippen LogP contribution in [0.3, 0.4) is 0 Å². The Hall–Kier alpha value is -5.67. The molecule has 4 atom stereocenters. The van der Waals surface area contributed by atoms with Crippen LogP contribution < -0.4 is 10.2 Å². The van der Waals surface area contributed by atoms with Gasteiger partial charge in [0, 0.05) is 65.0 Å². The zero-order chi connectivity index (χ0) is 39.8. The van der Waals surface area contributed by atoms with Gasteiger partial charge >= 0.3 is 0 Å². The number of nitro groups is 1. The zero-order valence-electron chi connectivity index (χ0n) is 31.5. The maximum absolute atomic E-state index is 14.9. The number of ether oxygens (including phenoxy) is 1. The third-order valence-electron chi connectivity index (χ3n) is 11.1. The summed E-state index contributed by atoms with van der Waals surface area (Å²) in [6.45, 7) is 5.49. The molecule has 13 nitrogen and oxygen atoms in total. The molecule has 290 valence electrons. The van der Waals surface area contributed by atoms with Crippen molar-refractivity contribution < 1.29 is 33.9 Å². The predicted octanol–water partition coefficient (Wildman–Crippen LogP) is 6.01. The number of aliphatic hydroxyl groups is 1. The van der Waals surface area contributed by atoms with E-state index in [0.29, 0.717) is 16.9 Å². The van der Waals surface area contributed by atoms with Gasteiger partial charge in [0.2, 0.25) is 11.8 Å². The first-order valence-electron chi connectivity index (χ1n) is 18.7. The first-order valence-corrected chi connectivity index (χ1v) is 21.7. The molecule has 56 heavy (non-hydrogen) atoms. The molecule has 7 rings (SSSR count). The molecular weight excluding hydrogens is 731 g/mol. The molecule has 0 unspecified atom stereocenters. The summed E-state index contributed by atoms with van der Waals surface area (Å²) in [7, 11) is -3.16. The van der Waals surface area contributed by atoms with Crippen molar-refractivity contribution >= 4 is 54.0 Å². The SMILES string of the molecule is C[C@@H]1[C@@H]([Si](C)(C)O)[C@H](CC(=O)N(CCO)Cc2ccccc2)O[C@@]12C(=O)N(Cc1ccc(NC(=O)Cc3c[nH]c4ccccc34)cc1)c1ccc([N+](=O)[O-])cc12. The molecule has 5 aromatic rings. The number of aromatic amines is 1. The minimum atomic E-state index is -3.16. The number of hydrogen-bond acceptors (Lipinski definition) is 8. The number of rotatable bonds is 13. The number of aliphatic hydroxyl groups excluding tert-OH is 1. The standard InChI is InChI=1S/C42H45N5O8Si/c1-27-40(56(2,3)54)37(23-39(50)45(19-20-48)25-28-9-5-4-6-10-28)55-42(27)34-22-32(47(52)53)17-18-36(34)46(41(42)51)26-29-13-15-31(16-14-29)44-38(49)21-30-24-43-35-12-8-7-11-33(30)35/h4-18,22,24,27,37,40,43,48,54H,19-21,23,25-26H2,1-3H3,(H,44,49)/t27-,37+,40-,42+/m1/s1. The summed E-state index contributed by atoms with van der Waals surface area (Å²) >= 11 is 0. The van der Waals surface area contributed by atoms with Crippen molar-refractivity contribution in [3.05, 3.63) is 136 Å². The van der Waals surface area contributed by atoms with Crippen LogP contribution in [-0.2, 0) is 44.2 Å². The maximum Gasteiger partial charge on any atom is 0.269 e. The van der Waals surface area contributed by atoms with Crippen molar-refractivity contribution in [1.29, 1.82) is 0 Å². The molecule has 1 aromatic heterocycles. The molecule has 0 radical (unpaired) electrons. The number of aromatic nitrogens is 1. The number of H-pyrrole nitrogens is 1. The number of fused-ring (bicyclic) bond motifs is 3. The molecule has 4 aromatic carbocycles. The Balaban J connectivity index is 1.14. The third kappa shape index (κ3) is 7.35. The van der Waals surface area contributed by atoms with Crippen LogP contribution in [0.5, 0.6) is 0 Å². The number of nitrogens with one attached hydrogen (secondary N) is 2. The fourth-order valence-corrected chi connectivity index (χ4v) is 11.1. The summed E-state index contributed by atoms with van der Waals surface area (Å²) in [5.41, 5.74) is 2.28. The predicted molar refractivity (Wildman–Crippen MR) is 214 cm³/mol. The number of nitrogens with zero attached hydrogens (tertiary/aromatic N) is 3. The molecule has 4 N–H and O–H groups in total. The third-order valence-corrected chi connectivity index (χ3v) is 13.6. The van der Waals surface area contributed by atoms with Crippen molar-refractivity contribution in [2.45, 2.75) is 63.2 Å². The molecule has 3 amide bonds. The maximum atomic E-state index is 14.9. The Bertz CT molecular complexity index is 2270. The summed E-state index contributed by atoms with van der Waals surface area (Å²) in [6.07, 6.45) is 0.971. The van der Waals surface area contributed by atoms with Gasteiger partial charge in [0.05, 0.1) is 42.7 Å². The number of carbonyl (C=O) groups is 3. The average Bonchev–Trinajstić information content (AvgIpc) is 3.78. The van der Waals surface area contributed by atoms with E-state index in [1.165, 1.54) is 17.0 Å². The van der Waals surface area contributed by atoms with Crippen LogP contribution in [0.1, 0.15) is 35.6 Å². The van der Waals surface area contributed by atoms with Gasteiger partial charge in [0.1, 0.15) is 0 Å². The van der Waals surface area contributed by atoms with Gasteiger partial charge in [-0.05, 0) is 54.0 Å². The monoisotopic (exact) mass is 775 g/mol. The van der Waals surface area contributed by atoms with Crippen LogP contribution in [0.4, 0.5) is 17.1 Å². The molecule has 3 heterocycles.